The van der Waals surface area contributed by atoms with Gasteiger partial charge in [-0.25, -0.2) is 8.78 Å². The quantitative estimate of drug-likeness (QED) is 0.896. The molecule has 20 heavy (non-hydrogen) atoms. The molecule has 0 aliphatic heterocycles. The Labute approximate surface area is 115 Å². The molecular weight excluding hydrogens is 262 g/mol. The molecule has 2 aromatic carbocycles. The van der Waals surface area contributed by atoms with Gasteiger partial charge in [0.25, 0.3) is 0 Å². The van der Waals surface area contributed by atoms with E-state index in [4.69, 9.17) is 11.5 Å². The number of hydrogen-bond acceptors (Lipinski definition) is 2. The van der Waals surface area contributed by atoms with Crippen molar-refractivity contribution in [2.45, 2.75) is 12.5 Å². The maximum atomic E-state index is 14.0. The van der Waals surface area contributed by atoms with Crippen LogP contribution in [0.2, 0.25) is 0 Å². The molecular formula is C15H14F2N2O. The van der Waals surface area contributed by atoms with E-state index in [2.05, 4.69) is 0 Å². The Morgan fingerprint density at radius 3 is 2.50 bits per heavy atom. The summed E-state index contributed by atoms with van der Waals surface area (Å²) in [6, 6.07) is 9.29. The first kappa shape index (κ1) is 14.1. The second kappa shape index (κ2) is 5.79. The molecule has 5 heteroatoms. The van der Waals surface area contributed by atoms with Gasteiger partial charge in [0.15, 0.2) is 0 Å². The first-order valence-electron chi connectivity index (χ1n) is 6.06. The van der Waals surface area contributed by atoms with Gasteiger partial charge in [0.1, 0.15) is 11.6 Å². The molecule has 0 unspecified atom stereocenters. The third-order valence-electron chi connectivity index (χ3n) is 2.99. The summed E-state index contributed by atoms with van der Waals surface area (Å²) < 4.78 is 27.2. The van der Waals surface area contributed by atoms with Gasteiger partial charge in [-0.2, -0.15) is 0 Å². The molecule has 1 amide bonds. The van der Waals surface area contributed by atoms with Gasteiger partial charge in [0.2, 0.25) is 5.91 Å². The summed E-state index contributed by atoms with van der Waals surface area (Å²) in [4.78, 5) is 10.9. The maximum absolute atomic E-state index is 14.0. The van der Waals surface area contributed by atoms with Crippen LogP contribution in [0.15, 0.2) is 42.5 Å². The fourth-order valence-electron chi connectivity index (χ4n) is 1.93. The number of rotatable bonds is 4. The monoisotopic (exact) mass is 276 g/mol. The highest BCUT2D eigenvalue weighted by atomic mass is 19.1. The van der Waals surface area contributed by atoms with Gasteiger partial charge in [-0.15, -0.1) is 0 Å². The van der Waals surface area contributed by atoms with E-state index in [0.717, 1.165) is 0 Å². The summed E-state index contributed by atoms with van der Waals surface area (Å²) >= 11 is 0. The molecule has 0 aliphatic carbocycles. The highest BCUT2D eigenvalue weighted by Gasteiger charge is 2.12. The van der Waals surface area contributed by atoms with Crippen molar-refractivity contribution < 1.29 is 13.6 Å². The Morgan fingerprint density at radius 1 is 1.15 bits per heavy atom. The predicted octanol–water partition coefficient (Wildman–Crippen LogP) is 1.99. The second-order valence-electron chi connectivity index (χ2n) is 4.54. The van der Waals surface area contributed by atoms with E-state index in [1.165, 1.54) is 30.3 Å². The van der Waals surface area contributed by atoms with Crippen molar-refractivity contribution in [2.24, 2.45) is 11.5 Å². The minimum absolute atomic E-state index is 0.162. The van der Waals surface area contributed by atoms with Crippen molar-refractivity contribution in [1.82, 2.24) is 0 Å². The summed E-state index contributed by atoms with van der Waals surface area (Å²) in [5.74, 6) is -1.56. The molecule has 0 fully saturated rings. The number of carbonyl (C=O) groups excluding carboxylic acids is 1. The minimum atomic E-state index is -0.852. The summed E-state index contributed by atoms with van der Waals surface area (Å²) in [6.07, 6.45) is 0.162. The molecule has 0 bridgehead atoms. The maximum Gasteiger partial charge on any atom is 0.234 e. The lowest BCUT2D eigenvalue weighted by Gasteiger charge is -2.09. The van der Waals surface area contributed by atoms with Crippen LogP contribution in [0.4, 0.5) is 8.78 Å². The van der Waals surface area contributed by atoms with E-state index < -0.39 is 23.6 Å². The SMILES string of the molecule is NC(=O)[C@@H](N)Cc1ccc(-c2cccc(F)c2)c(F)c1. The Bertz CT molecular complexity index is 644. The zero-order chi connectivity index (χ0) is 14.7. The Kier molecular flexibility index (Phi) is 4.10. The Balaban J connectivity index is 2.28. The largest absolute Gasteiger partial charge is 0.368 e. The Morgan fingerprint density at radius 2 is 1.90 bits per heavy atom. The molecule has 0 aliphatic rings. The summed E-state index contributed by atoms with van der Waals surface area (Å²) in [5.41, 5.74) is 11.9. The number of amides is 1. The van der Waals surface area contributed by atoms with Crippen LogP contribution >= 0.6 is 0 Å². The fraction of sp³-hybridized carbons (Fsp3) is 0.133. The van der Waals surface area contributed by atoms with Crippen LogP contribution in [0.1, 0.15) is 5.56 Å². The first-order chi connectivity index (χ1) is 9.47. The highest BCUT2D eigenvalue weighted by Crippen LogP contribution is 2.24. The van der Waals surface area contributed by atoms with Crippen molar-refractivity contribution in [3.63, 3.8) is 0 Å². The van der Waals surface area contributed by atoms with E-state index in [-0.39, 0.29) is 6.42 Å². The molecule has 2 aromatic rings. The molecule has 104 valence electrons. The van der Waals surface area contributed by atoms with Crippen LogP contribution in [0.3, 0.4) is 0 Å². The molecule has 0 radical (unpaired) electrons. The van der Waals surface area contributed by atoms with Crippen molar-refractivity contribution >= 4 is 5.91 Å². The molecule has 3 nitrogen and oxygen atoms in total. The van der Waals surface area contributed by atoms with Crippen LogP contribution in [-0.4, -0.2) is 11.9 Å². The van der Waals surface area contributed by atoms with Crippen LogP contribution in [-0.2, 0) is 11.2 Å². The molecule has 0 heterocycles. The van der Waals surface area contributed by atoms with Gasteiger partial charge in [-0.1, -0.05) is 24.3 Å². The van der Waals surface area contributed by atoms with E-state index in [1.54, 1.807) is 12.1 Å². The van der Waals surface area contributed by atoms with E-state index in [1.807, 2.05) is 0 Å². The van der Waals surface area contributed by atoms with Gasteiger partial charge in [0, 0.05) is 5.56 Å². The molecule has 1 atom stereocenters. The Hall–Kier alpha value is -2.27. The average Bonchev–Trinajstić information content (AvgIpc) is 2.38. The standard InChI is InChI=1S/C15H14F2N2O/c16-11-3-1-2-10(8-11)12-5-4-9(6-13(12)17)7-14(18)15(19)20/h1-6,8,14H,7,18H2,(H2,19,20)/t14-/m0/s1. The van der Waals surface area contributed by atoms with Gasteiger partial charge in [-0.3, -0.25) is 4.79 Å². The summed E-state index contributed by atoms with van der Waals surface area (Å²) in [6.45, 7) is 0. The minimum Gasteiger partial charge on any atom is -0.368 e. The molecule has 0 spiro atoms. The number of primary amides is 1. The van der Waals surface area contributed by atoms with Crippen molar-refractivity contribution in [3.05, 3.63) is 59.7 Å². The first-order valence-corrected chi connectivity index (χ1v) is 6.06. The number of benzene rings is 2. The smallest absolute Gasteiger partial charge is 0.234 e. The molecule has 0 saturated heterocycles. The summed E-state index contributed by atoms with van der Waals surface area (Å²) in [7, 11) is 0. The normalized spacial score (nSPS) is 12.2. The molecule has 2 rings (SSSR count). The lowest BCUT2D eigenvalue weighted by molar-refractivity contribution is -0.119. The van der Waals surface area contributed by atoms with Crippen LogP contribution < -0.4 is 11.5 Å². The average molecular weight is 276 g/mol. The predicted molar refractivity (Wildman–Crippen MR) is 72.7 cm³/mol. The van der Waals surface area contributed by atoms with E-state index in [0.29, 0.717) is 16.7 Å². The lowest BCUT2D eigenvalue weighted by Crippen LogP contribution is -2.38. The van der Waals surface area contributed by atoms with Crippen LogP contribution in [0.25, 0.3) is 11.1 Å². The van der Waals surface area contributed by atoms with Gasteiger partial charge >= 0.3 is 0 Å². The van der Waals surface area contributed by atoms with Gasteiger partial charge in [-0.05, 0) is 35.7 Å². The highest BCUT2D eigenvalue weighted by molar-refractivity contribution is 5.80. The van der Waals surface area contributed by atoms with Crippen LogP contribution in [0.5, 0.6) is 0 Å². The second-order valence-corrected chi connectivity index (χ2v) is 4.54. The van der Waals surface area contributed by atoms with E-state index >= 15 is 0 Å². The van der Waals surface area contributed by atoms with Gasteiger partial charge < -0.3 is 11.5 Å². The van der Waals surface area contributed by atoms with Crippen molar-refractivity contribution in [2.75, 3.05) is 0 Å². The number of hydrogen-bond donors (Lipinski definition) is 2. The lowest BCUT2D eigenvalue weighted by atomic mass is 10.00. The van der Waals surface area contributed by atoms with Crippen molar-refractivity contribution in [1.29, 1.82) is 0 Å². The zero-order valence-corrected chi connectivity index (χ0v) is 10.6. The van der Waals surface area contributed by atoms with Crippen molar-refractivity contribution in [3.8, 4) is 11.1 Å². The number of halogens is 2. The van der Waals surface area contributed by atoms with Gasteiger partial charge in [0.05, 0.1) is 6.04 Å². The number of nitrogens with two attached hydrogens (primary N) is 2. The van der Waals surface area contributed by atoms with Crippen LogP contribution in [0, 0.1) is 11.6 Å². The third kappa shape index (κ3) is 3.19. The molecule has 0 aromatic heterocycles. The topological polar surface area (TPSA) is 69.1 Å². The number of carbonyl (C=O) groups is 1. The van der Waals surface area contributed by atoms with E-state index in [9.17, 15) is 13.6 Å². The zero-order valence-electron chi connectivity index (χ0n) is 10.6. The third-order valence-corrected chi connectivity index (χ3v) is 2.99. The molecule has 4 N–H and O–H groups in total. The fourth-order valence-corrected chi connectivity index (χ4v) is 1.93. The molecule has 0 saturated carbocycles. The summed E-state index contributed by atoms with van der Waals surface area (Å²) in [5, 5.41) is 0.